The molecule has 0 rings (SSSR count). The number of carbonyl (C=O) groups is 3. The second-order valence-corrected chi connectivity index (χ2v) is 17.4. The highest BCUT2D eigenvalue weighted by molar-refractivity contribution is 5.71. The van der Waals surface area contributed by atoms with Crippen LogP contribution in [0.1, 0.15) is 201 Å². The number of ether oxygens (including phenoxy) is 3. The highest BCUT2D eigenvalue weighted by Crippen LogP contribution is 2.11. The molecule has 0 aliphatic rings. The van der Waals surface area contributed by atoms with Crippen molar-refractivity contribution in [1.29, 1.82) is 0 Å². The van der Waals surface area contributed by atoms with Crippen molar-refractivity contribution in [3.05, 3.63) is 170 Å². The molecule has 1 atom stereocenters. The first-order valence-corrected chi connectivity index (χ1v) is 27.6. The van der Waals surface area contributed by atoms with Crippen LogP contribution < -0.4 is 0 Å². The van der Waals surface area contributed by atoms with Crippen LogP contribution in [-0.4, -0.2) is 37.2 Å². The molecule has 394 valence electrons. The molecule has 0 fully saturated rings. The van der Waals surface area contributed by atoms with Gasteiger partial charge in [0.15, 0.2) is 6.10 Å². The summed E-state index contributed by atoms with van der Waals surface area (Å²) in [6, 6.07) is 0. The van der Waals surface area contributed by atoms with Gasteiger partial charge in [-0.15, -0.1) is 0 Å². The van der Waals surface area contributed by atoms with Gasteiger partial charge in [-0.2, -0.15) is 0 Å². The quantitative estimate of drug-likeness (QED) is 0.0262. The SMILES string of the molecule is CC/C=C\C/C=C\C/C=C\C/C=C\C/C=C\C/C=C\CCC(=O)OC[C@@H](COC(=O)CCCCCCC/C=C\C/C=C\CCCCC)OC(=O)CC/C=C\C/C=C\C/C=C\C/C=C\C/C=C\C/C=C\CC. The fraction of sp³-hybridized carbons (Fsp3) is 0.523. The molecule has 0 heterocycles. The summed E-state index contributed by atoms with van der Waals surface area (Å²) in [5.41, 5.74) is 0. The minimum Gasteiger partial charge on any atom is -0.462 e. The molecule has 6 heteroatoms. The predicted octanol–water partition coefficient (Wildman–Crippen LogP) is 18.8. The first-order chi connectivity index (χ1) is 35.0. The van der Waals surface area contributed by atoms with Gasteiger partial charge in [0.05, 0.1) is 0 Å². The summed E-state index contributed by atoms with van der Waals surface area (Å²) in [6.45, 7) is 6.22. The van der Waals surface area contributed by atoms with Gasteiger partial charge >= 0.3 is 17.9 Å². The number of hydrogen-bond donors (Lipinski definition) is 0. The lowest BCUT2D eigenvalue weighted by molar-refractivity contribution is -0.166. The van der Waals surface area contributed by atoms with Crippen molar-refractivity contribution in [3.8, 4) is 0 Å². The summed E-state index contributed by atoms with van der Waals surface area (Å²) >= 11 is 0. The van der Waals surface area contributed by atoms with E-state index in [1.807, 2.05) is 24.3 Å². The Morgan fingerprint density at radius 3 is 0.944 bits per heavy atom. The third kappa shape index (κ3) is 55.6. The average molecular weight is 975 g/mol. The highest BCUT2D eigenvalue weighted by Gasteiger charge is 2.19. The molecule has 0 radical (unpaired) electrons. The van der Waals surface area contributed by atoms with Crippen LogP contribution in [0.4, 0.5) is 0 Å². The summed E-state index contributed by atoms with van der Waals surface area (Å²) in [5, 5.41) is 0. The summed E-state index contributed by atoms with van der Waals surface area (Å²) in [6.07, 6.45) is 85.0. The van der Waals surface area contributed by atoms with Crippen LogP contribution in [0.5, 0.6) is 0 Å². The van der Waals surface area contributed by atoms with Gasteiger partial charge in [-0.3, -0.25) is 14.4 Å². The third-order valence-electron chi connectivity index (χ3n) is 10.7. The normalized spacial score (nSPS) is 13.5. The molecule has 0 aromatic rings. The summed E-state index contributed by atoms with van der Waals surface area (Å²) < 4.78 is 16.7. The zero-order valence-electron chi connectivity index (χ0n) is 44.9. The van der Waals surface area contributed by atoms with E-state index in [-0.39, 0.29) is 38.0 Å². The monoisotopic (exact) mass is 975 g/mol. The van der Waals surface area contributed by atoms with Gasteiger partial charge in [-0.25, -0.2) is 0 Å². The Kier molecular flexibility index (Phi) is 53.1. The maximum atomic E-state index is 12.8. The van der Waals surface area contributed by atoms with Gasteiger partial charge in [-0.05, 0) is 128 Å². The second-order valence-electron chi connectivity index (χ2n) is 17.4. The van der Waals surface area contributed by atoms with Gasteiger partial charge in [0.25, 0.3) is 0 Å². The van der Waals surface area contributed by atoms with Gasteiger partial charge in [-0.1, -0.05) is 223 Å². The lowest BCUT2D eigenvalue weighted by Gasteiger charge is -2.18. The number of allylic oxidation sites excluding steroid dienone is 28. The zero-order chi connectivity index (χ0) is 51.4. The number of hydrogen-bond acceptors (Lipinski definition) is 6. The molecular formula is C65H98O6. The van der Waals surface area contributed by atoms with Crippen molar-refractivity contribution in [2.75, 3.05) is 13.2 Å². The molecule has 0 spiro atoms. The van der Waals surface area contributed by atoms with Crippen LogP contribution in [0.2, 0.25) is 0 Å². The molecule has 6 nitrogen and oxygen atoms in total. The molecule has 0 aliphatic carbocycles. The van der Waals surface area contributed by atoms with Gasteiger partial charge < -0.3 is 14.2 Å². The van der Waals surface area contributed by atoms with E-state index in [2.05, 4.69) is 167 Å². The van der Waals surface area contributed by atoms with E-state index in [4.69, 9.17) is 14.2 Å². The van der Waals surface area contributed by atoms with Gasteiger partial charge in [0.1, 0.15) is 13.2 Å². The van der Waals surface area contributed by atoms with E-state index in [1.54, 1.807) is 0 Å². The molecule has 0 N–H and O–H groups in total. The Labute approximate surface area is 434 Å². The van der Waals surface area contributed by atoms with E-state index in [0.29, 0.717) is 19.3 Å². The molecule has 0 aliphatic heterocycles. The Hall–Kier alpha value is -5.23. The second kappa shape index (κ2) is 57.3. The summed E-state index contributed by atoms with van der Waals surface area (Å²) in [5.74, 6) is -1.15. The van der Waals surface area contributed by atoms with Crippen molar-refractivity contribution in [2.24, 2.45) is 0 Å². The lowest BCUT2D eigenvalue weighted by Crippen LogP contribution is -2.30. The summed E-state index contributed by atoms with van der Waals surface area (Å²) in [7, 11) is 0. The molecular weight excluding hydrogens is 877 g/mol. The zero-order valence-corrected chi connectivity index (χ0v) is 44.9. The van der Waals surface area contributed by atoms with Crippen LogP contribution in [-0.2, 0) is 28.6 Å². The van der Waals surface area contributed by atoms with E-state index < -0.39 is 12.1 Å². The Balaban J connectivity index is 4.68. The number of esters is 3. The molecule has 0 aromatic carbocycles. The van der Waals surface area contributed by atoms with Crippen molar-refractivity contribution in [1.82, 2.24) is 0 Å². The van der Waals surface area contributed by atoms with Crippen molar-refractivity contribution < 1.29 is 28.6 Å². The first kappa shape index (κ1) is 65.8. The van der Waals surface area contributed by atoms with E-state index in [0.717, 1.165) is 122 Å². The van der Waals surface area contributed by atoms with Crippen molar-refractivity contribution in [2.45, 2.75) is 207 Å². The van der Waals surface area contributed by atoms with Gasteiger partial charge in [0.2, 0.25) is 0 Å². The smallest absolute Gasteiger partial charge is 0.306 e. The largest absolute Gasteiger partial charge is 0.462 e. The Morgan fingerprint density at radius 2 is 0.577 bits per heavy atom. The minimum atomic E-state index is -0.865. The van der Waals surface area contributed by atoms with Crippen LogP contribution in [0.25, 0.3) is 0 Å². The van der Waals surface area contributed by atoms with E-state index in [9.17, 15) is 14.4 Å². The van der Waals surface area contributed by atoms with Crippen LogP contribution in [0.3, 0.4) is 0 Å². The molecule has 0 saturated carbocycles. The molecule has 0 unspecified atom stereocenters. The standard InChI is InChI=1S/C65H98O6/c1-4-7-10-13-16-19-22-25-28-30-32-34-37-40-43-46-49-52-55-58-64(67)70-61-62(60-69-63(66)57-54-51-48-45-42-39-36-27-24-21-18-15-12-9-6-3)71-65(68)59-56-53-50-47-44-41-38-35-33-31-29-26-23-20-17-14-11-8-5-2/h7-8,10-11,16-21,25-29,32-36,40-41,43-44,49-50,52-53,62H,4-6,9,12-15,22-24,30-31,37-39,42,45-48,51,54-61H2,1-3H3/b10-7-,11-8-,19-16-,20-17-,21-18-,28-25-,29-26-,34-32-,35-33-,36-27-,43-40-,44-41-,52-49-,53-50-/t62-/m1/s1. The molecule has 0 saturated heterocycles. The van der Waals surface area contributed by atoms with Gasteiger partial charge in [0, 0.05) is 19.3 Å². The molecule has 0 bridgehead atoms. The minimum absolute atomic E-state index is 0.148. The highest BCUT2D eigenvalue weighted by atomic mass is 16.6. The topological polar surface area (TPSA) is 78.9 Å². The average Bonchev–Trinajstić information content (AvgIpc) is 3.37. The fourth-order valence-electron chi connectivity index (χ4n) is 6.64. The molecule has 0 aromatic heterocycles. The van der Waals surface area contributed by atoms with Crippen molar-refractivity contribution in [3.63, 3.8) is 0 Å². The first-order valence-electron chi connectivity index (χ1n) is 27.6. The van der Waals surface area contributed by atoms with Crippen LogP contribution in [0, 0.1) is 0 Å². The van der Waals surface area contributed by atoms with E-state index >= 15 is 0 Å². The summed E-state index contributed by atoms with van der Waals surface area (Å²) in [4.78, 5) is 38.1. The number of unbranched alkanes of at least 4 members (excludes halogenated alkanes) is 8. The van der Waals surface area contributed by atoms with Crippen molar-refractivity contribution >= 4 is 17.9 Å². The molecule has 71 heavy (non-hydrogen) atoms. The third-order valence-corrected chi connectivity index (χ3v) is 10.7. The number of rotatable bonds is 47. The lowest BCUT2D eigenvalue weighted by atomic mass is 10.1. The van der Waals surface area contributed by atoms with E-state index in [1.165, 1.54) is 25.7 Å². The van der Waals surface area contributed by atoms with Crippen LogP contribution >= 0.6 is 0 Å². The fourth-order valence-corrected chi connectivity index (χ4v) is 6.64. The van der Waals surface area contributed by atoms with Crippen LogP contribution in [0.15, 0.2) is 170 Å². The molecule has 0 amide bonds. The number of carbonyl (C=O) groups excluding carboxylic acids is 3. The Morgan fingerprint density at radius 1 is 0.296 bits per heavy atom. The maximum Gasteiger partial charge on any atom is 0.306 e. The maximum absolute atomic E-state index is 12.8. The Bertz CT molecular complexity index is 1690. The predicted molar refractivity (Wildman–Crippen MR) is 306 cm³/mol.